The molecule has 1 aliphatic rings. The van der Waals surface area contributed by atoms with Gasteiger partial charge >= 0.3 is 13.8 Å². The van der Waals surface area contributed by atoms with Crippen LogP contribution in [-0.2, 0) is 27.9 Å². The molecule has 0 aromatic rings. The number of carbonyl (C=O) groups excluding carboxylic acids is 1. The molecule has 1 rings (SSSR count). The standard InChI is InChI=1S/C52H99O12P/c1-3-5-7-9-11-13-15-17-19-21-22-23-24-25-27-29-31-33-35-37-39-41-46(53)63-45(44-62-65(59,60)64-52-50(57)48(55)47(54)49(56)51(52)58)43-61-42-40-38-36-34-32-30-28-26-20-18-16-14-12-10-8-6-4-2/h14,16,20,26,45,47-52,54-58H,3-13,15,17-19,21-25,27-44H2,1-2H3,(H,59,60)/b16-14-,26-20-. The number of hydrogen-bond acceptors (Lipinski definition) is 11. The second-order valence-electron chi connectivity index (χ2n) is 18.7. The molecule has 0 radical (unpaired) electrons. The van der Waals surface area contributed by atoms with E-state index in [1.54, 1.807) is 0 Å². The molecule has 0 bridgehead atoms. The van der Waals surface area contributed by atoms with Crippen LogP contribution in [0.2, 0.25) is 0 Å². The molecule has 6 unspecified atom stereocenters. The summed E-state index contributed by atoms with van der Waals surface area (Å²) in [6.07, 6.45) is 38.1. The Morgan fingerprint density at radius 2 is 0.862 bits per heavy atom. The molecule has 1 fully saturated rings. The molecule has 0 aromatic carbocycles. The fraction of sp³-hybridized carbons (Fsp3) is 0.904. The van der Waals surface area contributed by atoms with Gasteiger partial charge in [-0.3, -0.25) is 13.8 Å². The zero-order valence-corrected chi connectivity index (χ0v) is 42.2. The number of aliphatic hydroxyl groups is 5. The van der Waals surface area contributed by atoms with Gasteiger partial charge in [-0.1, -0.05) is 212 Å². The SMILES string of the molecule is CCCCCC/C=C\C/C=C\CCCCCCCCOCC(COP(=O)(O)OC1C(O)C(O)C(O)C(O)C1O)OC(=O)CCCCCCCCCCCCCCCCCCCCCCC. The number of rotatable bonds is 46. The Labute approximate surface area is 396 Å². The molecule has 6 atom stereocenters. The Morgan fingerprint density at radius 1 is 0.492 bits per heavy atom. The second-order valence-corrected chi connectivity index (χ2v) is 20.1. The summed E-state index contributed by atoms with van der Waals surface area (Å²) in [4.78, 5) is 23.3. The van der Waals surface area contributed by atoms with E-state index in [9.17, 15) is 39.8 Å². The van der Waals surface area contributed by atoms with E-state index < -0.39 is 63.1 Å². The van der Waals surface area contributed by atoms with Gasteiger partial charge in [0, 0.05) is 13.0 Å². The van der Waals surface area contributed by atoms with Crippen LogP contribution in [0.1, 0.15) is 239 Å². The van der Waals surface area contributed by atoms with E-state index >= 15 is 0 Å². The number of phosphoric acid groups is 1. The first kappa shape index (κ1) is 61.8. The number of esters is 1. The summed E-state index contributed by atoms with van der Waals surface area (Å²) in [6, 6.07) is 0. The molecule has 0 heterocycles. The average molecular weight is 947 g/mol. The lowest BCUT2D eigenvalue weighted by atomic mass is 9.85. The van der Waals surface area contributed by atoms with Gasteiger partial charge in [-0.2, -0.15) is 0 Å². The lowest BCUT2D eigenvalue weighted by Crippen LogP contribution is -2.64. The summed E-state index contributed by atoms with van der Waals surface area (Å²) < 4.78 is 34.3. The Morgan fingerprint density at radius 3 is 1.31 bits per heavy atom. The Hall–Kier alpha value is -1.18. The second kappa shape index (κ2) is 42.9. The van der Waals surface area contributed by atoms with Crippen LogP contribution >= 0.6 is 7.82 Å². The smallest absolute Gasteiger partial charge is 0.457 e. The van der Waals surface area contributed by atoms with Gasteiger partial charge in [0.15, 0.2) is 0 Å². The van der Waals surface area contributed by atoms with E-state index in [0.717, 1.165) is 57.8 Å². The van der Waals surface area contributed by atoms with Crippen molar-refractivity contribution in [2.75, 3.05) is 19.8 Å². The predicted molar refractivity (Wildman–Crippen MR) is 263 cm³/mol. The van der Waals surface area contributed by atoms with Crippen molar-refractivity contribution in [3.8, 4) is 0 Å². The third-order valence-corrected chi connectivity index (χ3v) is 13.6. The lowest BCUT2D eigenvalue weighted by molar-refractivity contribution is -0.220. The molecule has 0 saturated heterocycles. The van der Waals surface area contributed by atoms with Crippen molar-refractivity contribution in [1.29, 1.82) is 0 Å². The van der Waals surface area contributed by atoms with E-state index in [-0.39, 0.29) is 13.0 Å². The number of allylic oxidation sites excluding steroid dienone is 4. The minimum Gasteiger partial charge on any atom is -0.457 e. The number of phosphoric ester groups is 1. The number of unbranched alkanes of at least 4 members (excludes halogenated alkanes) is 30. The third kappa shape index (κ3) is 34.7. The zero-order chi connectivity index (χ0) is 47.6. The molecular weight excluding hydrogens is 848 g/mol. The van der Waals surface area contributed by atoms with Crippen LogP contribution in [0.25, 0.3) is 0 Å². The van der Waals surface area contributed by atoms with Crippen molar-refractivity contribution in [3.63, 3.8) is 0 Å². The van der Waals surface area contributed by atoms with Crippen molar-refractivity contribution < 1.29 is 58.3 Å². The van der Waals surface area contributed by atoms with Crippen molar-refractivity contribution in [2.24, 2.45) is 0 Å². The third-order valence-electron chi connectivity index (χ3n) is 12.6. The summed E-state index contributed by atoms with van der Waals surface area (Å²) in [7, 11) is -5.02. The number of ether oxygens (including phenoxy) is 2. The summed E-state index contributed by atoms with van der Waals surface area (Å²) in [5, 5.41) is 50.3. The molecule has 12 nitrogen and oxygen atoms in total. The Balaban J connectivity index is 2.32. The van der Waals surface area contributed by atoms with E-state index in [1.165, 1.54) is 154 Å². The highest BCUT2D eigenvalue weighted by atomic mass is 31.2. The van der Waals surface area contributed by atoms with E-state index in [0.29, 0.717) is 13.0 Å². The zero-order valence-electron chi connectivity index (χ0n) is 41.3. The number of aliphatic hydroxyl groups excluding tert-OH is 5. The topological polar surface area (TPSA) is 192 Å². The van der Waals surface area contributed by atoms with Crippen LogP contribution in [0.15, 0.2) is 24.3 Å². The van der Waals surface area contributed by atoms with Crippen LogP contribution in [0, 0.1) is 0 Å². The van der Waals surface area contributed by atoms with Crippen molar-refractivity contribution >= 4 is 13.8 Å². The number of hydrogen-bond donors (Lipinski definition) is 6. The van der Waals surface area contributed by atoms with Gasteiger partial charge in [0.05, 0.1) is 13.2 Å². The molecule has 384 valence electrons. The Bertz CT molecular complexity index is 1170. The summed E-state index contributed by atoms with van der Waals surface area (Å²) in [5.74, 6) is -0.476. The fourth-order valence-electron chi connectivity index (χ4n) is 8.33. The van der Waals surface area contributed by atoms with E-state index in [4.69, 9.17) is 18.5 Å². The molecule has 6 N–H and O–H groups in total. The van der Waals surface area contributed by atoms with Gasteiger partial charge in [-0.25, -0.2) is 4.57 Å². The van der Waals surface area contributed by atoms with Crippen LogP contribution < -0.4 is 0 Å². The first-order valence-corrected chi connectivity index (χ1v) is 28.2. The van der Waals surface area contributed by atoms with Gasteiger partial charge in [-0.15, -0.1) is 0 Å². The van der Waals surface area contributed by atoms with Crippen molar-refractivity contribution in [3.05, 3.63) is 24.3 Å². The maximum atomic E-state index is 12.9. The lowest BCUT2D eigenvalue weighted by Gasteiger charge is -2.41. The molecular formula is C52H99O12P. The van der Waals surface area contributed by atoms with Crippen LogP contribution in [0.4, 0.5) is 0 Å². The molecule has 65 heavy (non-hydrogen) atoms. The number of carbonyl (C=O) groups is 1. The van der Waals surface area contributed by atoms with Gasteiger partial charge < -0.3 is 39.9 Å². The molecule has 1 aliphatic carbocycles. The first-order chi connectivity index (χ1) is 31.5. The molecule has 13 heteroatoms. The maximum Gasteiger partial charge on any atom is 0.472 e. The summed E-state index contributed by atoms with van der Waals surface area (Å²) in [5.41, 5.74) is 0. The molecule has 0 spiro atoms. The highest BCUT2D eigenvalue weighted by Gasteiger charge is 2.51. The van der Waals surface area contributed by atoms with Gasteiger partial charge in [0.25, 0.3) is 0 Å². The van der Waals surface area contributed by atoms with E-state index in [2.05, 4.69) is 38.2 Å². The highest BCUT2D eigenvalue weighted by molar-refractivity contribution is 7.47. The minimum absolute atomic E-state index is 0.0796. The maximum absolute atomic E-state index is 12.9. The van der Waals surface area contributed by atoms with Crippen molar-refractivity contribution in [2.45, 2.75) is 281 Å². The highest BCUT2D eigenvalue weighted by Crippen LogP contribution is 2.47. The van der Waals surface area contributed by atoms with Crippen molar-refractivity contribution in [1.82, 2.24) is 0 Å². The molecule has 0 aliphatic heterocycles. The molecule has 0 amide bonds. The largest absolute Gasteiger partial charge is 0.472 e. The minimum atomic E-state index is -5.02. The van der Waals surface area contributed by atoms with Crippen LogP contribution in [0.3, 0.4) is 0 Å². The fourth-order valence-corrected chi connectivity index (χ4v) is 9.30. The van der Waals surface area contributed by atoms with Crippen LogP contribution in [-0.4, -0.2) is 98.9 Å². The average Bonchev–Trinajstić information content (AvgIpc) is 3.29. The summed E-state index contributed by atoms with van der Waals surface area (Å²) >= 11 is 0. The van der Waals surface area contributed by atoms with Gasteiger partial charge in [0.1, 0.15) is 42.7 Å². The quantitative estimate of drug-likeness (QED) is 0.0147. The van der Waals surface area contributed by atoms with Gasteiger partial charge in [0.2, 0.25) is 0 Å². The first-order valence-electron chi connectivity index (χ1n) is 26.7. The molecule has 0 aromatic heterocycles. The van der Waals surface area contributed by atoms with Gasteiger partial charge in [-0.05, 0) is 44.9 Å². The van der Waals surface area contributed by atoms with E-state index in [1.807, 2.05) is 0 Å². The monoisotopic (exact) mass is 947 g/mol. The molecule has 1 saturated carbocycles. The Kier molecular flexibility index (Phi) is 40.8. The normalized spacial score (nSPS) is 21.7. The predicted octanol–water partition coefficient (Wildman–Crippen LogP) is 12.0. The van der Waals surface area contributed by atoms with Crippen LogP contribution in [0.5, 0.6) is 0 Å². The summed E-state index contributed by atoms with van der Waals surface area (Å²) in [6.45, 7) is 4.26.